The third kappa shape index (κ3) is 2.23. The van der Waals surface area contributed by atoms with E-state index >= 15 is 0 Å². The van der Waals surface area contributed by atoms with Crippen molar-refractivity contribution in [2.75, 3.05) is 0 Å². The van der Waals surface area contributed by atoms with E-state index in [0.717, 1.165) is 5.56 Å². The first-order valence-corrected chi connectivity index (χ1v) is 4.89. The zero-order valence-electron chi connectivity index (χ0n) is 8.54. The predicted octanol–water partition coefficient (Wildman–Crippen LogP) is 2.58. The molecule has 4 heteroatoms. The minimum absolute atomic E-state index is 0.0636. The van der Waals surface area contributed by atoms with Crippen LogP contribution < -0.4 is 0 Å². The van der Waals surface area contributed by atoms with Crippen LogP contribution in [-0.2, 0) is 6.42 Å². The largest absolute Gasteiger partial charge is 0.366 e. The van der Waals surface area contributed by atoms with Gasteiger partial charge >= 0.3 is 5.82 Å². The number of hydrogen-bond acceptors (Lipinski definition) is 3. The second-order valence-corrected chi connectivity index (χ2v) is 3.41. The van der Waals surface area contributed by atoms with Gasteiger partial charge in [-0.25, -0.2) is 0 Å². The second-order valence-electron chi connectivity index (χ2n) is 3.41. The Hall–Kier alpha value is -2.23. The van der Waals surface area contributed by atoms with Gasteiger partial charge in [0.05, 0.1) is 5.56 Å². The summed E-state index contributed by atoms with van der Waals surface area (Å²) in [5.74, 6) is -0.0636. The molecule has 1 heterocycles. The molecule has 0 N–H and O–H groups in total. The molecule has 1 aromatic heterocycles. The van der Waals surface area contributed by atoms with E-state index in [1.54, 1.807) is 12.1 Å². The maximum atomic E-state index is 10.8. The van der Waals surface area contributed by atoms with Gasteiger partial charge in [0.25, 0.3) is 0 Å². The van der Waals surface area contributed by atoms with Gasteiger partial charge in [-0.05, 0) is 27.6 Å². The van der Waals surface area contributed by atoms with Gasteiger partial charge in [-0.3, -0.25) is 0 Å². The predicted molar refractivity (Wildman–Crippen MR) is 60.1 cm³/mol. The van der Waals surface area contributed by atoms with Crippen molar-refractivity contribution in [3.05, 3.63) is 69.9 Å². The van der Waals surface area contributed by atoms with Crippen LogP contribution in [0.4, 0.5) is 5.82 Å². The molecule has 4 nitrogen and oxygen atoms in total. The summed E-state index contributed by atoms with van der Waals surface area (Å²) in [5.41, 5.74) is 1.68. The molecule has 0 saturated heterocycles. The number of nitro groups is 1. The summed E-state index contributed by atoms with van der Waals surface area (Å²) >= 11 is 0. The third-order valence-electron chi connectivity index (χ3n) is 2.28. The van der Waals surface area contributed by atoms with E-state index in [1.807, 2.05) is 30.3 Å². The summed E-state index contributed by atoms with van der Waals surface area (Å²) in [6.45, 7) is 0. The van der Waals surface area contributed by atoms with Gasteiger partial charge < -0.3 is 10.1 Å². The molecule has 2 aromatic rings. The van der Waals surface area contributed by atoms with Crippen LogP contribution in [0.15, 0.2) is 48.7 Å². The van der Waals surface area contributed by atoms with Gasteiger partial charge in [0, 0.05) is 6.42 Å². The van der Waals surface area contributed by atoms with Crippen molar-refractivity contribution in [2.45, 2.75) is 6.42 Å². The Morgan fingerprint density at radius 3 is 2.56 bits per heavy atom. The fourth-order valence-electron chi connectivity index (χ4n) is 1.55. The number of hydrogen-bond donors (Lipinski definition) is 0. The van der Waals surface area contributed by atoms with Crippen molar-refractivity contribution < 1.29 is 4.92 Å². The van der Waals surface area contributed by atoms with Crippen molar-refractivity contribution in [1.29, 1.82) is 0 Å². The molecular formula is C12H10N2O2. The lowest BCUT2D eigenvalue weighted by Gasteiger charge is -2.01. The Kier molecular flexibility index (Phi) is 2.91. The molecule has 0 atom stereocenters. The highest BCUT2D eigenvalue weighted by Gasteiger charge is 2.13. The summed E-state index contributed by atoms with van der Waals surface area (Å²) in [6.07, 6.45) is 1.97. The van der Waals surface area contributed by atoms with Gasteiger partial charge in [-0.2, -0.15) is 0 Å². The van der Waals surface area contributed by atoms with Crippen LogP contribution in [0.2, 0.25) is 0 Å². The lowest BCUT2D eigenvalue weighted by molar-refractivity contribution is -0.390. The first-order chi connectivity index (χ1) is 7.77. The first-order valence-electron chi connectivity index (χ1n) is 4.89. The highest BCUT2D eigenvalue weighted by atomic mass is 16.6. The van der Waals surface area contributed by atoms with Gasteiger partial charge in [-0.15, -0.1) is 0 Å². The van der Waals surface area contributed by atoms with Crippen molar-refractivity contribution in [3.63, 3.8) is 0 Å². The van der Waals surface area contributed by atoms with E-state index in [2.05, 4.69) is 4.98 Å². The Morgan fingerprint density at radius 1 is 1.12 bits per heavy atom. The fourth-order valence-corrected chi connectivity index (χ4v) is 1.55. The minimum Gasteiger partial charge on any atom is -0.358 e. The van der Waals surface area contributed by atoms with Crippen molar-refractivity contribution in [2.24, 2.45) is 0 Å². The lowest BCUT2D eigenvalue weighted by Crippen LogP contribution is -1.98. The number of aromatic nitrogens is 1. The van der Waals surface area contributed by atoms with E-state index in [4.69, 9.17) is 0 Å². The van der Waals surface area contributed by atoms with Crippen LogP contribution >= 0.6 is 0 Å². The minimum atomic E-state index is -0.446. The van der Waals surface area contributed by atoms with Crippen LogP contribution in [0.25, 0.3) is 0 Å². The highest BCUT2D eigenvalue weighted by molar-refractivity contribution is 5.36. The van der Waals surface area contributed by atoms with E-state index in [0.29, 0.717) is 12.0 Å². The quantitative estimate of drug-likeness (QED) is 0.582. The third-order valence-corrected chi connectivity index (χ3v) is 2.28. The Labute approximate surface area is 92.7 Å². The van der Waals surface area contributed by atoms with E-state index in [-0.39, 0.29) is 5.82 Å². The standard InChI is InChI=1S/C12H10N2O2/c15-14(16)12-11(7-4-8-13-12)9-10-5-2-1-3-6-10/h1-8H,9H2. The number of benzene rings is 1. The lowest BCUT2D eigenvalue weighted by atomic mass is 10.1. The molecule has 16 heavy (non-hydrogen) atoms. The maximum absolute atomic E-state index is 10.8. The van der Waals surface area contributed by atoms with Crippen LogP contribution in [-0.4, -0.2) is 9.91 Å². The summed E-state index contributed by atoms with van der Waals surface area (Å²) in [4.78, 5) is 14.1. The monoisotopic (exact) mass is 214 g/mol. The number of pyridine rings is 1. The summed E-state index contributed by atoms with van der Waals surface area (Å²) < 4.78 is 0. The zero-order chi connectivity index (χ0) is 11.4. The molecule has 2 rings (SSSR count). The van der Waals surface area contributed by atoms with Gasteiger partial charge in [0.2, 0.25) is 0 Å². The fraction of sp³-hybridized carbons (Fsp3) is 0.0833. The average molecular weight is 214 g/mol. The van der Waals surface area contributed by atoms with Crippen LogP contribution in [0.5, 0.6) is 0 Å². The molecule has 0 spiro atoms. The van der Waals surface area contributed by atoms with Crippen molar-refractivity contribution in [3.8, 4) is 0 Å². The second kappa shape index (κ2) is 4.53. The van der Waals surface area contributed by atoms with Crippen molar-refractivity contribution in [1.82, 2.24) is 4.98 Å². The van der Waals surface area contributed by atoms with Gasteiger partial charge in [0.15, 0.2) is 0 Å². The molecular weight excluding hydrogens is 204 g/mol. The molecule has 0 bridgehead atoms. The molecule has 1 aromatic carbocycles. The highest BCUT2D eigenvalue weighted by Crippen LogP contribution is 2.17. The van der Waals surface area contributed by atoms with Gasteiger partial charge in [0.1, 0.15) is 6.20 Å². The van der Waals surface area contributed by atoms with Crippen LogP contribution in [0, 0.1) is 10.1 Å². The van der Waals surface area contributed by atoms with E-state index in [1.165, 1.54) is 6.20 Å². The zero-order valence-corrected chi connectivity index (χ0v) is 8.54. The molecule has 0 aliphatic rings. The molecule has 0 unspecified atom stereocenters. The molecule has 0 aliphatic carbocycles. The normalized spacial score (nSPS) is 10.0. The Balaban J connectivity index is 2.31. The molecule has 0 aliphatic heterocycles. The maximum Gasteiger partial charge on any atom is 0.366 e. The van der Waals surface area contributed by atoms with Gasteiger partial charge in [-0.1, -0.05) is 30.3 Å². The summed E-state index contributed by atoms with van der Waals surface area (Å²) in [6, 6.07) is 13.1. The van der Waals surface area contributed by atoms with E-state index < -0.39 is 4.92 Å². The molecule has 0 radical (unpaired) electrons. The molecule has 0 saturated carbocycles. The molecule has 80 valence electrons. The Bertz CT molecular complexity index is 497. The average Bonchev–Trinajstić information content (AvgIpc) is 2.31. The molecule has 0 amide bonds. The van der Waals surface area contributed by atoms with Crippen LogP contribution in [0.1, 0.15) is 11.1 Å². The first kappa shape index (κ1) is 10.3. The Morgan fingerprint density at radius 2 is 1.88 bits per heavy atom. The SMILES string of the molecule is O=[N+]([O-])c1ncccc1Cc1ccccc1. The number of rotatable bonds is 3. The summed E-state index contributed by atoms with van der Waals surface area (Å²) in [7, 11) is 0. The topological polar surface area (TPSA) is 56.0 Å². The number of nitrogens with zero attached hydrogens (tertiary/aromatic N) is 2. The van der Waals surface area contributed by atoms with E-state index in [9.17, 15) is 10.1 Å². The smallest absolute Gasteiger partial charge is 0.358 e. The van der Waals surface area contributed by atoms with Crippen molar-refractivity contribution >= 4 is 5.82 Å². The molecule has 0 fully saturated rings. The van der Waals surface area contributed by atoms with Crippen LogP contribution in [0.3, 0.4) is 0 Å². The summed E-state index contributed by atoms with van der Waals surface area (Å²) in [5, 5.41) is 10.8.